The highest BCUT2D eigenvalue weighted by molar-refractivity contribution is 7.17. The fourth-order valence-corrected chi connectivity index (χ4v) is 4.52. The maximum absolute atomic E-state index is 12.6. The summed E-state index contributed by atoms with van der Waals surface area (Å²) in [6.07, 6.45) is 5.97. The summed E-state index contributed by atoms with van der Waals surface area (Å²) in [5, 5.41) is 3.64. The van der Waals surface area contributed by atoms with Gasteiger partial charge >= 0.3 is 5.97 Å². The van der Waals surface area contributed by atoms with Crippen LogP contribution >= 0.6 is 11.3 Å². The molecule has 0 unspecified atom stereocenters. The Balaban J connectivity index is 1.72. The Bertz CT molecular complexity index is 767. The summed E-state index contributed by atoms with van der Waals surface area (Å²) < 4.78 is 5.37. The lowest BCUT2D eigenvalue weighted by Crippen LogP contribution is -2.16. The van der Waals surface area contributed by atoms with Gasteiger partial charge in [-0.15, -0.1) is 11.3 Å². The molecule has 3 rings (SSSR count). The minimum atomic E-state index is -0.301. The molecule has 4 nitrogen and oxygen atoms in total. The van der Waals surface area contributed by atoms with Gasteiger partial charge in [-0.1, -0.05) is 37.3 Å². The molecule has 0 spiro atoms. The number of benzene rings is 1. The molecular weight excluding hydrogens is 346 g/mol. The van der Waals surface area contributed by atoms with E-state index in [0.29, 0.717) is 30.0 Å². The first kappa shape index (κ1) is 18.6. The van der Waals surface area contributed by atoms with Gasteiger partial charge in [-0.2, -0.15) is 0 Å². The number of hydrogen-bond donors (Lipinski definition) is 1. The monoisotopic (exact) mass is 371 g/mol. The summed E-state index contributed by atoms with van der Waals surface area (Å²) in [7, 11) is 0. The van der Waals surface area contributed by atoms with Crippen molar-refractivity contribution < 1.29 is 14.3 Å². The van der Waals surface area contributed by atoms with Crippen LogP contribution in [0.5, 0.6) is 0 Å². The number of anilines is 1. The Morgan fingerprint density at radius 1 is 1.15 bits per heavy atom. The van der Waals surface area contributed by atoms with Crippen LogP contribution in [0.4, 0.5) is 5.00 Å². The smallest absolute Gasteiger partial charge is 0.341 e. The molecule has 1 aromatic heterocycles. The number of nitrogens with one attached hydrogen (secondary N) is 1. The van der Waals surface area contributed by atoms with Gasteiger partial charge in [0.1, 0.15) is 5.00 Å². The maximum Gasteiger partial charge on any atom is 0.341 e. The number of esters is 1. The third kappa shape index (κ3) is 4.52. The number of carbonyl (C=O) groups is 2. The molecule has 138 valence electrons. The fourth-order valence-electron chi connectivity index (χ4n) is 3.23. The fraction of sp³-hybridized carbons (Fsp3) is 0.429. The van der Waals surface area contributed by atoms with Crippen LogP contribution in [-0.2, 0) is 28.8 Å². The summed E-state index contributed by atoms with van der Waals surface area (Å²) in [6, 6.07) is 9.95. The van der Waals surface area contributed by atoms with Crippen molar-refractivity contribution in [2.75, 3.05) is 11.9 Å². The van der Waals surface area contributed by atoms with Crippen molar-refractivity contribution in [3.63, 3.8) is 0 Å². The quantitative estimate of drug-likeness (QED) is 0.714. The molecule has 0 saturated carbocycles. The van der Waals surface area contributed by atoms with Crippen LogP contribution in [0, 0.1) is 0 Å². The molecule has 1 heterocycles. The molecule has 0 fully saturated rings. The average molecular weight is 372 g/mol. The number of ether oxygens (including phenoxy) is 1. The number of thiophene rings is 1. The van der Waals surface area contributed by atoms with Gasteiger partial charge in [-0.05, 0) is 49.7 Å². The topological polar surface area (TPSA) is 55.4 Å². The summed E-state index contributed by atoms with van der Waals surface area (Å²) in [5.74, 6) is -0.360. The largest absolute Gasteiger partial charge is 0.462 e. The zero-order valence-electron chi connectivity index (χ0n) is 15.2. The highest BCUT2D eigenvalue weighted by Crippen LogP contribution is 2.38. The predicted molar refractivity (Wildman–Crippen MR) is 105 cm³/mol. The van der Waals surface area contributed by atoms with Crippen LogP contribution in [0.15, 0.2) is 30.3 Å². The van der Waals surface area contributed by atoms with E-state index < -0.39 is 0 Å². The maximum atomic E-state index is 12.6. The number of aryl methyl sites for hydroxylation is 2. The van der Waals surface area contributed by atoms with Crippen molar-refractivity contribution in [3.05, 3.63) is 51.9 Å². The van der Waals surface area contributed by atoms with E-state index in [-0.39, 0.29) is 11.9 Å². The van der Waals surface area contributed by atoms with Gasteiger partial charge < -0.3 is 10.1 Å². The lowest BCUT2D eigenvalue weighted by Gasteiger charge is -2.12. The number of amides is 1. The van der Waals surface area contributed by atoms with E-state index in [2.05, 4.69) is 5.32 Å². The van der Waals surface area contributed by atoms with E-state index >= 15 is 0 Å². The number of carbonyl (C=O) groups excluding carboxylic acids is 2. The molecule has 1 amide bonds. The van der Waals surface area contributed by atoms with E-state index in [1.807, 2.05) is 37.3 Å². The van der Waals surface area contributed by atoms with Crippen molar-refractivity contribution in [2.24, 2.45) is 0 Å². The van der Waals surface area contributed by atoms with Gasteiger partial charge in [0, 0.05) is 11.3 Å². The molecule has 0 radical (unpaired) electrons. The van der Waals surface area contributed by atoms with Crippen LogP contribution in [0.25, 0.3) is 0 Å². The van der Waals surface area contributed by atoms with Crippen LogP contribution < -0.4 is 5.32 Å². The molecule has 5 heteroatoms. The highest BCUT2D eigenvalue weighted by atomic mass is 32.1. The lowest BCUT2D eigenvalue weighted by molar-refractivity contribution is -0.116. The van der Waals surface area contributed by atoms with E-state index in [1.165, 1.54) is 4.88 Å². The Kier molecular flexibility index (Phi) is 6.45. The third-order valence-corrected chi connectivity index (χ3v) is 5.76. The second-order valence-corrected chi connectivity index (χ2v) is 7.69. The van der Waals surface area contributed by atoms with Crippen molar-refractivity contribution >= 4 is 28.2 Å². The molecule has 1 aliphatic rings. The number of rotatable bonds is 7. The molecule has 1 aromatic carbocycles. The molecule has 0 saturated heterocycles. The van der Waals surface area contributed by atoms with Crippen LogP contribution in [0.2, 0.25) is 0 Å². The normalized spacial score (nSPS) is 13.1. The van der Waals surface area contributed by atoms with Gasteiger partial charge in [-0.3, -0.25) is 4.79 Å². The minimum absolute atomic E-state index is 0.0583. The molecule has 0 bridgehead atoms. The summed E-state index contributed by atoms with van der Waals surface area (Å²) in [5.41, 5.74) is 2.81. The van der Waals surface area contributed by atoms with Crippen LogP contribution in [-0.4, -0.2) is 18.5 Å². The first-order valence-corrected chi connectivity index (χ1v) is 10.2. The van der Waals surface area contributed by atoms with Gasteiger partial charge in [0.15, 0.2) is 0 Å². The average Bonchev–Trinajstić information content (AvgIpc) is 3.03. The van der Waals surface area contributed by atoms with E-state index in [1.54, 1.807) is 11.3 Å². The third-order valence-electron chi connectivity index (χ3n) is 4.55. The Morgan fingerprint density at radius 2 is 1.92 bits per heavy atom. The molecule has 1 N–H and O–H groups in total. The molecule has 0 atom stereocenters. The molecule has 1 aliphatic carbocycles. The lowest BCUT2D eigenvalue weighted by atomic mass is 9.95. The predicted octanol–water partition coefficient (Wildman–Crippen LogP) is 4.77. The second-order valence-electron chi connectivity index (χ2n) is 6.58. The van der Waals surface area contributed by atoms with E-state index in [0.717, 1.165) is 43.2 Å². The van der Waals surface area contributed by atoms with E-state index in [4.69, 9.17) is 4.74 Å². The first-order valence-electron chi connectivity index (χ1n) is 9.34. The molecule has 0 aliphatic heterocycles. The zero-order valence-corrected chi connectivity index (χ0v) is 16.0. The Labute approximate surface area is 158 Å². The van der Waals surface area contributed by atoms with Crippen molar-refractivity contribution in [3.8, 4) is 0 Å². The standard InChI is InChI=1S/C21H25NO3S/c1-2-14-25-21(24)19-16-10-6-7-11-17(16)26-20(19)22-18(23)13-12-15-8-4-3-5-9-15/h3-5,8-9H,2,6-7,10-14H2,1H3,(H,22,23). The Morgan fingerprint density at radius 3 is 2.69 bits per heavy atom. The molecule has 2 aromatic rings. The minimum Gasteiger partial charge on any atom is -0.462 e. The zero-order chi connectivity index (χ0) is 18.4. The van der Waals surface area contributed by atoms with Crippen LogP contribution in [0.3, 0.4) is 0 Å². The van der Waals surface area contributed by atoms with Gasteiger partial charge in [-0.25, -0.2) is 4.79 Å². The SMILES string of the molecule is CCCOC(=O)c1c(NC(=O)CCc2ccccc2)sc2c1CCCC2. The van der Waals surface area contributed by atoms with Crippen LogP contribution in [0.1, 0.15) is 59.0 Å². The van der Waals surface area contributed by atoms with Crippen molar-refractivity contribution in [1.82, 2.24) is 0 Å². The Hall–Kier alpha value is -2.14. The van der Waals surface area contributed by atoms with Crippen molar-refractivity contribution in [2.45, 2.75) is 51.9 Å². The molecule has 26 heavy (non-hydrogen) atoms. The van der Waals surface area contributed by atoms with Gasteiger partial charge in [0.2, 0.25) is 5.91 Å². The second kappa shape index (κ2) is 8.99. The summed E-state index contributed by atoms with van der Waals surface area (Å²) in [6.45, 7) is 2.38. The number of fused-ring (bicyclic) bond motifs is 1. The molecular formula is C21H25NO3S. The first-order chi connectivity index (χ1) is 12.7. The van der Waals surface area contributed by atoms with Gasteiger partial charge in [0.25, 0.3) is 0 Å². The highest BCUT2D eigenvalue weighted by Gasteiger charge is 2.27. The summed E-state index contributed by atoms with van der Waals surface area (Å²) in [4.78, 5) is 26.2. The van der Waals surface area contributed by atoms with E-state index in [9.17, 15) is 9.59 Å². The number of hydrogen-bond acceptors (Lipinski definition) is 4. The van der Waals surface area contributed by atoms with Gasteiger partial charge in [0.05, 0.1) is 12.2 Å². The van der Waals surface area contributed by atoms with Crippen molar-refractivity contribution in [1.29, 1.82) is 0 Å². The summed E-state index contributed by atoms with van der Waals surface area (Å²) >= 11 is 1.54.